The van der Waals surface area contributed by atoms with Crippen LogP contribution < -0.4 is 11.3 Å². The molecule has 0 saturated carbocycles. The first-order valence-electron chi connectivity index (χ1n) is 4.19. The molecule has 0 aliphatic carbocycles. The number of aromatic nitrogens is 3. The van der Waals surface area contributed by atoms with Gasteiger partial charge in [0, 0.05) is 12.3 Å². The summed E-state index contributed by atoms with van der Waals surface area (Å²) in [5, 5.41) is 1.22. The Bertz CT molecular complexity index is 525. The Hall–Kier alpha value is -1.82. The summed E-state index contributed by atoms with van der Waals surface area (Å²) in [4.78, 5) is 21.5. The summed E-state index contributed by atoms with van der Waals surface area (Å²) >= 11 is 1.26. The molecule has 15 heavy (non-hydrogen) atoms. The van der Waals surface area contributed by atoms with E-state index in [9.17, 15) is 4.79 Å². The summed E-state index contributed by atoms with van der Waals surface area (Å²) in [6.45, 7) is 0. The van der Waals surface area contributed by atoms with E-state index in [4.69, 9.17) is 5.73 Å². The van der Waals surface area contributed by atoms with Crippen molar-refractivity contribution >= 4 is 17.4 Å². The summed E-state index contributed by atoms with van der Waals surface area (Å²) in [5.41, 5.74) is 6.09. The maximum Gasteiger partial charge on any atom is 0.251 e. The molecule has 6 heteroatoms. The smallest absolute Gasteiger partial charge is 0.251 e. The van der Waals surface area contributed by atoms with E-state index in [0.29, 0.717) is 15.7 Å². The highest BCUT2D eigenvalue weighted by molar-refractivity contribution is 7.99. The van der Waals surface area contributed by atoms with Crippen molar-refractivity contribution in [3.63, 3.8) is 0 Å². The number of nitrogens with zero attached hydrogens (tertiary/aromatic N) is 2. The zero-order valence-corrected chi connectivity index (χ0v) is 8.49. The molecule has 0 spiro atoms. The highest BCUT2D eigenvalue weighted by Crippen LogP contribution is 2.26. The lowest BCUT2D eigenvalue weighted by Gasteiger charge is -2.01. The van der Waals surface area contributed by atoms with Gasteiger partial charge in [-0.1, -0.05) is 0 Å². The van der Waals surface area contributed by atoms with Gasteiger partial charge in [0.25, 0.3) is 5.56 Å². The average Bonchev–Trinajstić information content (AvgIpc) is 2.22. The normalized spacial score (nSPS) is 10.1. The van der Waals surface area contributed by atoms with Gasteiger partial charge in [-0.3, -0.25) is 4.79 Å². The highest BCUT2D eigenvalue weighted by Gasteiger charge is 2.03. The molecule has 0 aliphatic heterocycles. The van der Waals surface area contributed by atoms with E-state index in [1.165, 1.54) is 24.2 Å². The standard InChI is InChI=1S/C9H8N4OS/c10-6-2-1-3-11-9(6)15-8-4-7(14)12-5-13-8/h1-5H,10H2,(H,12,13,14). The van der Waals surface area contributed by atoms with Crippen LogP contribution in [0.25, 0.3) is 0 Å². The molecule has 0 atom stereocenters. The van der Waals surface area contributed by atoms with Crippen molar-refractivity contribution in [3.8, 4) is 0 Å². The summed E-state index contributed by atoms with van der Waals surface area (Å²) in [6.07, 6.45) is 3.00. The number of nitrogens with two attached hydrogens (primary N) is 1. The van der Waals surface area contributed by atoms with Gasteiger partial charge in [0.05, 0.1) is 12.0 Å². The number of aromatic amines is 1. The molecule has 0 aromatic carbocycles. The molecule has 2 rings (SSSR count). The first-order chi connectivity index (χ1) is 7.25. The molecule has 0 bridgehead atoms. The molecule has 0 saturated heterocycles. The Labute approximate surface area is 89.8 Å². The molecule has 2 heterocycles. The van der Waals surface area contributed by atoms with Crippen LogP contribution in [0.4, 0.5) is 5.69 Å². The SMILES string of the molecule is Nc1cccnc1Sc1cc(=O)[nH]cn1. The third-order valence-electron chi connectivity index (χ3n) is 1.66. The second-order valence-electron chi connectivity index (χ2n) is 2.75. The molecular weight excluding hydrogens is 212 g/mol. The summed E-state index contributed by atoms with van der Waals surface area (Å²) < 4.78 is 0. The minimum absolute atomic E-state index is 0.193. The Morgan fingerprint density at radius 1 is 1.40 bits per heavy atom. The molecule has 0 radical (unpaired) electrons. The Kier molecular flexibility index (Phi) is 2.68. The summed E-state index contributed by atoms with van der Waals surface area (Å²) in [5.74, 6) is 0. The van der Waals surface area contributed by atoms with Crippen LogP contribution in [0.15, 0.2) is 45.6 Å². The molecule has 5 nitrogen and oxygen atoms in total. The molecule has 0 amide bonds. The number of nitrogen functional groups attached to an aromatic ring is 1. The van der Waals surface area contributed by atoms with E-state index < -0.39 is 0 Å². The highest BCUT2D eigenvalue weighted by atomic mass is 32.2. The molecule has 2 aromatic rings. The second kappa shape index (κ2) is 4.14. The molecule has 2 aromatic heterocycles. The zero-order chi connectivity index (χ0) is 10.7. The van der Waals surface area contributed by atoms with Gasteiger partial charge in [-0.15, -0.1) is 0 Å². The van der Waals surface area contributed by atoms with Gasteiger partial charge in [0.15, 0.2) is 0 Å². The average molecular weight is 220 g/mol. The van der Waals surface area contributed by atoms with E-state index >= 15 is 0 Å². The minimum Gasteiger partial charge on any atom is -0.397 e. The largest absolute Gasteiger partial charge is 0.397 e. The van der Waals surface area contributed by atoms with E-state index in [1.807, 2.05) is 0 Å². The van der Waals surface area contributed by atoms with Gasteiger partial charge in [0.2, 0.25) is 0 Å². The maximum absolute atomic E-state index is 11.0. The third-order valence-corrected chi connectivity index (χ3v) is 2.62. The van der Waals surface area contributed by atoms with Gasteiger partial charge in [-0.05, 0) is 23.9 Å². The molecule has 3 N–H and O–H groups in total. The van der Waals surface area contributed by atoms with Crippen LogP contribution in [0.1, 0.15) is 0 Å². The topological polar surface area (TPSA) is 84.7 Å². The van der Waals surface area contributed by atoms with Gasteiger partial charge >= 0.3 is 0 Å². The summed E-state index contributed by atoms with van der Waals surface area (Å²) in [7, 11) is 0. The Morgan fingerprint density at radius 3 is 3.00 bits per heavy atom. The fourth-order valence-electron chi connectivity index (χ4n) is 0.994. The number of hydrogen-bond acceptors (Lipinski definition) is 5. The molecular formula is C9H8N4OS. The van der Waals surface area contributed by atoms with Crippen molar-refractivity contribution in [2.45, 2.75) is 10.1 Å². The number of nitrogens with one attached hydrogen (secondary N) is 1. The number of rotatable bonds is 2. The van der Waals surface area contributed by atoms with Crippen molar-refractivity contribution in [2.24, 2.45) is 0 Å². The number of anilines is 1. The first-order valence-corrected chi connectivity index (χ1v) is 5.00. The van der Waals surface area contributed by atoms with Gasteiger partial charge in [-0.2, -0.15) is 0 Å². The van der Waals surface area contributed by atoms with Crippen LogP contribution in [0, 0.1) is 0 Å². The predicted molar refractivity (Wildman–Crippen MR) is 57.6 cm³/mol. The van der Waals surface area contributed by atoms with E-state index in [1.54, 1.807) is 18.3 Å². The van der Waals surface area contributed by atoms with Crippen LogP contribution in [0.5, 0.6) is 0 Å². The van der Waals surface area contributed by atoms with Crippen molar-refractivity contribution < 1.29 is 0 Å². The maximum atomic E-state index is 11.0. The lowest BCUT2D eigenvalue weighted by molar-refractivity contribution is 1.01. The van der Waals surface area contributed by atoms with E-state index in [-0.39, 0.29) is 5.56 Å². The second-order valence-corrected chi connectivity index (χ2v) is 3.76. The summed E-state index contributed by atoms with van der Waals surface area (Å²) in [6, 6.07) is 4.91. The third kappa shape index (κ3) is 2.35. The fraction of sp³-hybridized carbons (Fsp3) is 0. The van der Waals surface area contributed by atoms with Crippen LogP contribution >= 0.6 is 11.8 Å². The monoisotopic (exact) mass is 220 g/mol. The quantitative estimate of drug-likeness (QED) is 0.734. The van der Waals surface area contributed by atoms with Gasteiger partial charge in [-0.25, -0.2) is 9.97 Å². The van der Waals surface area contributed by atoms with Gasteiger partial charge in [0.1, 0.15) is 10.1 Å². The lowest BCUT2D eigenvalue weighted by atomic mass is 10.4. The van der Waals surface area contributed by atoms with Gasteiger partial charge < -0.3 is 10.7 Å². The van der Waals surface area contributed by atoms with Crippen LogP contribution in [-0.2, 0) is 0 Å². The lowest BCUT2D eigenvalue weighted by Crippen LogP contribution is -2.04. The molecule has 76 valence electrons. The number of hydrogen-bond donors (Lipinski definition) is 2. The van der Waals surface area contributed by atoms with E-state index in [0.717, 1.165) is 0 Å². The molecule has 0 aliphatic rings. The minimum atomic E-state index is -0.193. The van der Waals surface area contributed by atoms with Crippen LogP contribution in [0.2, 0.25) is 0 Å². The Morgan fingerprint density at radius 2 is 2.27 bits per heavy atom. The van der Waals surface area contributed by atoms with Crippen LogP contribution in [0.3, 0.4) is 0 Å². The Balaban J connectivity index is 2.30. The first kappa shape index (κ1) is 9.72. The fourth-order valence-corrected chi connectivity index (χ4v) is 1.76. The molecule has 0 unspecified atom stereocenters. The van der Waals surface area contributed by atoms with Crippen molar-refractivity contribution in [3.05, 3.63) is 41.1 Å². The number of H-pyrrole nitrogens is 1. The number of pyridine rings is 1. The van der Waals surface area contributed by atoms with Crippen molar-refractivity contribution in [2.75, 3.05) is 5.73 Å². The van der Waals surface area contributed by atoms with Crippen molar-refractivity contribution in [1.29, 1.82) is 0 Å². The zero-order valence-electron chi connectivity index (χ0n) is 7.68. The van der Waals surface area contributed by atoms with Crippen LogP contribution in [-0.4, -0.2) is 15.0 Å². The van der Waals surface area contributed by atoms with E-state index in [2.05, 4.69) is 15.0 Å². The molecule has 0 fully saturated rings. The predicted octanol–water partition coefficient (Wildman–Crippen LogP) is 0.898. The van der Waals surface area contributed by atoms with Crippen molar-refractivity contribution in [1.82, 2.24) is 15.0 Å².